The van der Waals surface area contributed by atoms with Crippen molar-refractivity contribution in [3.8, 4) is 0 Å². The minimum absolute atomic E-state index is 0.00699. The van der Waals surface area contributed by atoms with Crippen LogP contribution < -0.4 is 16.0 Å². The summed E-state index contributed by atoms with van der Waals surface area (Å²) in [5.74, 6) is 0.377. The molecule has 2 rings (SSSR count). The van der Waals surface area contributed by atoms with Crippen LogP contribution in [0.15, 0.2) is 0 Å². The lowest BCUT2D eigenvalue weighted by atomic mass is 9.89. The average Bonchev–Trinajstić information content (AvgIpc) is 2.67. The Bertz CT molecular complexity index is 307. The van der Waals surface area contributed by atoms with Crippen molar-refractivity contribution in [2.45, 2.75) is 51.1 Å². The Morgan fingerprint density at radius 1 is 1.11 bits per heavy atom. The first-order valence-corrected chi connectivity index (χ1v) is 6.96. The molecule has 5 nitrogen and oxygen atoms in total. The molecule has 2 aliphatic rings. The van der Waals surface area contributed by atoms with Gasteiger partial charge < -0.3 is 16.0 Å². The summed E-state index contributed by atoms with van der Waals surface area (Å²) in [4.78, 5) is 23.0. The maximum atomic E-state index is 11.7. The molecule has 0 aromatic rings. The predicted molar refractivity (Wildman–Crippen MR) is 69.0 cm³/mol. The zero-order valence-electron chi connectivity index (χ0n) is 11.0. The molecule has 102 valence electrons. The first kappa shape index (κ1) is 13.3. The second kappa shape index (κ2) is 6.18. The molecule has 2 atom stereocenters. The van der Waals surface area contributed by atoms with Gasteiger partial charge in [0, 0.05) is 25.0 Å². The van der Waals surface area contributed by atoms with E-state index in [4.69, 9.17) is 0 Å². The highest BCUT2D eigenvalue weighted by Gasteiger charge is 2.34. The van der Waals surface area contributed by atoms with Gasteiger partial charge in [-0.15, -0.1) is 0 Å². The molecule has 3 N–H and O–H groups in total. The van der Waals surface area contributed by atoms with Crippen molar-refractivity contribution in [2.24, 2.45) is 5.92 Å². The third kappa shape index (κ3) is 3.70. The Hall–Kier alpha value is -1.10. The van der Waals surface area contributed by atoms with Crippen molar-refractivity contribution in [3.63, 3.8) is 0 Å². The van der Waals surface area contributed by atoms with Crippen LogP contribution in [0.4, 0.5) is 0 Å². The average molecular weight is 253 g/mol. The summed E-state index contributed by atoms with van der Waals surface area (Å²) in [6.45, 7) is 2.57. The number of fused-ring (bicyclic) bond motifs is 2. The van der Waals surface area contributed by atoms with Crippen LogP contribution in [0.3, 0.4) is 0 Å². The van der Waals surface area contributed by atoms with E-state index in [1.807, 2.05) is 6.92 Å². The Kier molecular flexibility index (Phi) is 4.58. The van der Waals surface area contributed by atoms with Crippen LogP contribution in [-0.4, -0.2) is 37.0 Å². The molecule has 0 aliphatic carbocycles. The zero-order chi connectivity index (χ0) is 13.0. The van der Waals surface area contributed by atoms with Gasteiger partial charge >= 0.3 is 0 Å². The Morgan fingerprint density at radius 2 is 1.78 bits per heavy atom. The quantitative estimate of drug-likeness (QED) is 0.653. The summed E-state index contributed by atoms with van der Waals surface area (Å²) >= 11 is 0. The number of hydrogen-bond donors (Lipinski definition) is 3. The van der Waals surface area contributed by atoms with Crippen molar-refractivity contribution >= 4 is 11.8 Å². The van der Waals surface area contributed by atoms with Crippen molar-refractivity contribution < 1.29 is 9.59 Å². The molecular weight excluding hydrogens is 230 g/mol. The zero-order valence-corrected chi connectivity index (χ0v) is 11.0. The largest absolute Gasteiger partial charge is 0.355 e. The maximum absolute atomic E-state index is 11.7. The minimum atomic E-state index is -0.115. The van der Waals surface area contributed by atoms with Crippen molar-refractivity contribution in [3.05, 3.63) is 0 Å². The summed E-state index contributed by atoms with van der Waals surface area (Å²) in [6.07, 6.45) is 5.27. The molecule has 0 aromatic heterocycles. The Morgan fingerprint density at radius 3 is 2.39 bits per heavy atom. The van der Waals surface area contributed by atoms with Gasteiger partial charge in [-0.05, 0) is 38.5 Å². The first-order chi connectivity index (χ1) is 8.67. The molecule has 0 aromatic carbocycles. The lowest BCUT2D eigenvalue weighted by molar-refractivity contribution is -0.126. The van der Waals surface area contributed by atoms with Gasteiger partial charge in [-0.3, -0.25) is 9.59 Å². The highest BCUT2D eigenvalue weighted by Crippen LogP contribution is 2.32. The number of nitrogens with one attached hydrogen (secondary N) is 3. The van der Waals surface area contributed by atoms with E-state index in [2.05, 4.69) is 16.0 Å². The van der Waals surface area contributed by atoms with Crippen LogP contribution in [0, 0.1) is 5.92 Å². The maximum Gasteiger partial charge on any atom is 0.239 e. The number of carbonyl (C=O) groups excluding carboxylic acids is 2. The molecule has 2 saturated heterocycles. The Labute approximate surface area is 108 Å². The molecule has 2 heterocycles. The van der Waals surface area contributed by atoms with Gasteiger partial charge in [0.05, 0.1) is 6.54 Å². The molecule has 5 heteroatoms. The number of amides is 2. The highest BCUT2D eigenvalue weighted by molar-refractivity contribution is 5.84. The van der Waals surface area contributed by atoms with Gasteiger partial charge in [-0.1, -0.05) is 0 Å². The van der Waals surface area contributed by atoms with E-state index in [1.165, 1.54) is 12.8 Å². The number of likely N-dealkylation sites (N-methyl/N-ethyl adjacent to an activating group) is 1. The van der Waals surface area contributed by atoms with E-state index in [1.54, 1.807) is 0 Å². The molecule has 2 unspecified atom stereocenters. The van der Waals surface area contributed by atoms with E-state index in [0.29, 0.717) is 31.0 Å². The fourth-order valence-electron chi connectivity index (χ4n) is 3.11. The van der Waals surface area contributed by atoms with Gasteiger partial charge in [-0.25, -0.2) is 0 Å². The lowest BCUT2D eigenvalue weighted by Gasteiger charge is -2.28. The van der Waals surface area contributed by atoms with Crippen molar-refractivity contribution in [1.82, 2.24) is 16.0 Å². The van der Waals surface area contributed by atoms with E-state index in [0.717, 1.165) is 12.8 Å². The van der Waals surface area contributed by atoms with Crippen molar-refractivity contribution in [2.75, 3.05) is 13.1 Å². The van der Waals surface area contributed by atoms with E-state index in [-0.39, 0.29) is 18.4 Å². The molecule has 0 radical (unpaired) electrons. The Balaban J connectivity index is 1.66. The van der Waals surface area contributed by atoms with Gasteiger partial charge in [-0.2, -0.15) is 0 Å². The number of piperidine rings is 1. The van der Waals surface area contributed by atoms with Crippen molar-refractivity contribution in [1.29, 1.82) is 0 Å². The fourth-order valence-corrected chi connectivity index (χ4v) is 3.11. The van der Waals surface area contributed by atoms with Crippen LogP contribution in [0.1, 0.15) is 39.0 Å². The number of hydrogen-bond acceptors (Lipinski definition) is 3. The smallest absolute Gasteiger partial charge is 0.239 e. The predicted octanol–water partition coefficient (Wildman–Crippen LogP) is 0.159. The summed E-state index contributed by atoms with van der Waals surface area (Å²) in [7, 11) is 0. The summed E-state index contributed by atoms with van der Waals surface area (Å²) in [5, 5.41) is 8.92. The molecule has 0 saturated carbocycles. The minimum Gasteiger partial charge on any atom is -0.355 e. The molecule has 2 bridgehead atoms. The number of carbonyl (C=O) groups is 2. The van der Waals surface area contributed by atoms with Gasteiger partial charge in [0.25, 0.3) is 0 Å². The standard InChI is InChI=1S/C13H23N3O2/c1-2-14-13(18)8-15-12(17)7-9-5-10-3-4-11(6-9)16-10/h9-11,16H,2-8H2,1H3,(H,14,18)(H,15,17). The van der Waals surface area contributed by atoms with Gasteiger partial charge in [0.1, 0.15) is 0 Å². The topological polar surface area (TPSA) is 70.2 Å². The van der Waals surface area contributed by atoms with Gasteiger partial charge in [0.15, 0.2) is 0 Å². The lowest BCUT2D eigenvalue weighted by Crippen LogP contribution is -2.41. The van der Waals surface area contributed by atoms with Crippen LogP contribution in [0.2, 0.25) is 0 Å². The molecule has 2 amide bonds. The van der Waals surface area contributed by atoms with Crippen LogP contribution >= 0.6 is 0 Å². The fraction of sp³-hybridized carbons (Fsp3) is 0.846. The molecule has 0 spiro atoms. The van der Waals surface area contributed by atoms with E-state index < -0.39 is 0 Å². The van der Waals surface area contributed by atoms with Crippen LogP contribution in [0.25, 0.3) is 0 Å². The highest BCUT2D eigenvalue weighted by atomic mass is 16.2. The molecule has 2 aliphatic heterocycles. The number of rotatable bonds is 5. The summed E-state index contributed by atoms with van der Waals surface area (Å²) in [5.41, 5.74) is 0. The molecule has 2 fully saturated rings. The molecular formula is C13H23N3O2. The second-order valence-electron chi connectivity index (χ2n) is 5.41. The second-order valence-corrected chi connectivity index (χ2v) is 5.41. The van der Waals surface area contributed by atoms with Crippen LogP contribution in [-0.2, 0) is 9.59 Å². The normalized spacial score (nSPS) is 29.9. The first-order valence-electron chi connectivity index (χ1n) is 6.96. The van der Waals surface area contributed by atoms with E-state index >= 15 is 0 Å². The SMILES string of the molecule is CCNC(=O)CNC(=O)CC1CC2CCC(C1)N2. The van der Waals surface area contributed by atoms with Crippen LogP contribution in [0.5, 0.6) is 0 Å². The monoisotopic (exact) mass is 253 g/mol. The third-order valence-electron chi connectivity index (χ3n) is 3.86. The third-order valence-corrected chi connectivity index (χ3v) is 3.86. The van der Waals surface area contributed by atoms with E-state index in [9.17, 15) is 9.59 Å². The summed E-state index contributed by atoms with van der Waals surface area (Å²) < 4.78 is 0. The van der Waals surface area contributed by atoms with Gasteiger partial charge in [0.2, 0.25) is 11.8 Å². The molecule has 18 heavy (non-hydrogen) atoms. The summed E-state index contributed by atoms with van der Waals surface area (Å²) in [6, 6.07) is 1.23.